The average molecular weight is 387 g/mol. The molecule has 4 amide bonds. The minimum atomic E-state index is -0.574. The largest absolute Gasteiger partial charge is 0.368 e. The van der Waals surface area contributed by atoms with Gasteiger partial charge in [0.05, 0.1) is 12.1 Å². The molecule has 0 aromatic heterocycles. The van der Waals surface area contributed by atoms with E-state index < -0.39 is 5.91 Å². The Balaban J connectivity index is 1.64. The van der Waals surface area contributed by atoms with Gasteiger partial charge in [-0.25, -0.2) is 4.79 Å². The molecule has 1 aromatic rings. The molecule has 1 aliphatic carbocycles. The summed E-state index contributed by atoms with van der Waals surface area (Å²) in [5.74, 6) is -0.870. The molecule has 1 heterocycles. The van der Waals surface area contributed by atoms with E-state index in [-0.39, 0.29) is 36.1 Å². The van der Waals surface area contributed by atoms with Crippen molar-refractivity contribution in [2.45, 2.75) is 36.8 Å². The molecule has 0 radical (unpaired) electrons. The van der Waals surface area contributed by atoms with Crippen LogP contribution in [-0.2, 0) is 15.1 Å². The van der Waals surface area contributed by atoms with Crippen LogP contribution in [0.3, 0.4) is 0 Å². The fourth-order valence-corrected chi connectivity index (χ4v) is 4.39. The predicted molar refractivity (Wildman–Crippen MR) is 105 cm³/mol. The van der Waals surface area contributed by atoms with Crippen LogP contribution in [0.4, 0.5) is 4.79 Å². The number of hydrogen-bond acceptors (Lipinski definition) is 4. The summed E-state index contributed by atoms with van der Waals surface area (Å²) in [7, 11) is 3.50. The SMILES string of the molecule is CNC1(c2ccccc2)CCC2(CC1)CN(CC(=O)N(C)CC(N)=O)C(=O)N2. The first-order chi connectivity index (χ1) is 13.3. The molecule has 1 aromatic carbocycles. The molecular formula is C20H29N5O3. The van der Waals surface area contributed by atoms with Gasteiger partial charge in [-0.15, -0.1) is 0 Å². The highest BCUT2D eigenvalue weighted by atomic mass is 16.2. The lowest BCUT2D eigenvalue weighted by atomic mass is 9.69. The molecule has 28 heavy (non-hydrogen) atoms. The quantitative estimate of drug-likeness (QED) is 0.656. The monoisotopic (exact) mass is 387 g/mol. The summed E-state index contributed by atoms with van der Waals surface area (Å²) in [5, 5.41) is 6.61. The van der Waals surface area contributed by atoms with Gasteiger partial charge < -0.3 is 26.2 Å². The number of hydrogen-bond donors (Lipinski definition) is 3. The first-order valence-electron chi connectivity index (χ1n) is 9.63. The fraction of sp³-hybridized carbons (Fsp3) is 0.550. The van der Waals surface area contributed by atoms with Gasteiger partial charge >= 0.3 is 6.03 Å². The number of nitrogens with two attached hydrogens (primary N) is 1. The maximum Gasteiger partial charge on any atom is 0.318 e. The summed E-state index contributed by atoms with van der Waals surface area (Å²) in [6.45, 7) is 0.297. The Labute approximate surface area is 165 Å². The second kappa shape index (κ2) is 7.79. The number of nitrogens with zero attached hydrogens (tertiary/aromatic N) is 2. The van der Waals surface area contributed by atoms with Crippen molar-refractivity contribution >= 4 is 17.8 Å². The molecule has 0 unspecified atom stereocenters. The van der Waals surface area contributed by atoms with Crippen molar-refractivity contribution in [3.05, 3.63) is 35.9 Å². The van der Waals surface area contributed by atoms with Gasteiger partial charge in [-0.1, -0.05) is 30.3 Å². The van der Waals surface area contributed by atoms with E-state index in [0.29, 0.717) is 6.54 Å². The van der Waals surface area contributed by atoms with Crippen LogP contribution in [-0.4, -0.2) is 66.9 Å². The number of benzene rings is 1. The molecule has 2 aliphatic rings. The van der Waals surface area contributed by atoms with E-state index in [2.05, 4.69) is 22.8 Å². The molecule has 0 atom stereocenters. The van der Waals surface area contributed by atoms with Gasteiger partial charge in [0, 0.05) is 19.1 Å². The Morgan fingerprint density at radius 1 is 1.21 bits per heavy atom. The molecule has 1 spiro atoms. The summed E-state index contributed by atoms with van der Waals surface area (Å²) in [5.41, 5.74) is 5.99. The zero-order valence-corrected chi connectivity index (χ0v) is 16.5. The zero-order chi connectivity index (χ0) is 20.4. The van der Waals surface area contributed by atoms with E-state index >= 15 is 0 Å². The molecule has 8 nitrogen and oxygen atoms in total. The molecule has 3 rings (SSSR count). The maximum absolute atomic E-state index is 12.5. The third kappa shape index (κ3) is 3.96. The van der Waals surface area contributed by atoms with E-state index in [0.717, 1.165) is 25.7 Å². The molecule has 8 heteroatoms. The Morgan fingerprint density at radius 3 is 2.43 bits per heavy atom. The van der Waals surface area contributed by atoms with E-state index in [4.69, 9.17) is 5.73 Å². The highest BCUT2D eigenvalue weighted by molar-refractivity contribution is 5.88. The fourth-order valence-electron chi connectivity index (χ4n) is 4.39. The summed E-state index contributed by atoms with van der Waals surface area (Å²) in [4.78, 5) is 38.5. The number of carbonyl (C=O) groups excluding carboxylic acids is 3. The van der Waals surface area contributed by atoms with Crippen molar-refractivity contribution in [3.63, 3.8) is 0 Å². The summed E-state index contributed by atoms with van der Waals surface area (Å²) in [6.07, 6.45) is 3.46. The standard InChI is InChI=1S/C20H29N5O3/c1-22-20(15-6-4-3-5-7-15)10-8-19(9-11-20)14-25(18(28)23-19)13-17(27)24(2)12-16(21)26/h3-7,22H,8-14H2,1-2H3,(H2,21,26)(H,23,28). The van der Waals surface area contributed by atoms with Crippen molar-refractivity contribution < 1.29 is 14.4 Å². The molecular weight excluding hydrogens is 358 g/mol. The van der Waals surface area contributed by atoms with Crippen LogP contribution in [0.15, 0.2) is 30.3 Å². The van der Waals surface area contributed by atoms with E-state index in [1.165, 1.54) is 22.4 Å². The van der Waals surface area contributed by atoms with E-state index in [9.17, 15) is 14.4 Å². The van der Waals surface area contributed by atoms with Gasteiger partial charge in [-0.3, -0.25) is 9.59 Å². The third-order valence-electron chi connectivity index (χ3n) is 6.16. The van der Waals surface area contributed by atoms with E-state index in [1.54, 1.807) is 0 Å². The highest BCUT2D eigenvalue weighted by Crippen LogP contribution is 2.42. The highest BCUT2D eigenvalue weighted by Gasteiger charge is 2.49. The number of likely N-dealkylation sites (N-methyl/N-ethyl adjacent to an activating group) is 1. The van der Waals surface area contributed by atoms with Crippen LogP contribution in [0.25, 0.3) is 0 Å². The Hall–Kier alpha value is -2.61. The van der Waals surface area contributed by atoms with Gasteiger partial charge in [0.1, 0.15) is 6.54 Å². The Kier molecular flexibility index (Phi) is 5.60. The van der Waals surface area contributed by atoms with Gasteiger partial charge in [0.15, 0.2) is 0 Å². The summed E-state index contributed by atoms with van der Waals surface area (Å²) >= 11 is 0. The average Bonchev–Trinajstić information content (AvgIpc) is 2.98. The molecule has 4 N–H and O–H groups in total. The molecule has 152 valence electrons. The number of nitrogens with one attached hydrogen (secondary N) is 2. The molecule has 1 saturated carbocycles. The van der Waals surface area contributed by atoms with Crippen LogP contribution in [0.1, 0.15) is 31.2 Å². The number of amides is 4. The lowest BCUT2D eigenvalue weighted by Crippen LogP contribution is -2.53. The lowest BCUT2D eigenvalue weighted by Gasteiger charge is -2.45. The Bertz CT molecular complexity index is 743. The number of primary amides is 1. The van der Waals surface area contributed by atoms with Crippen LogP contribution >= 0.6 is 0 Å². The van der Waals surface area contributed by atoms with Gasteiger partial charge in [0.2, 0.25) is 11.8 Å². The predicted octanol–water partition coefficient (Wildman–Crippen LogP) is 0.383. The van der Waals surface area contributed by atoms with Crippen LogP contribution < -0.4 is 16.4 Å². The van der Waals surface area contributed by atoms with Gasteiger partial charge in [-0.2, -0.15) is 0 Å². The summed E-state index contributed by atoms with van der Waals surface area (Å²) in [6, 6.07) is 10.2. The van der Waals surface area contributed by atoms with Crippen molar-refractivity contribution in [2.75, 3.05) is 33.7 Å². The molecule has 0 bridgehead atoms. The van der Waals surface area contributed by atoms with E-state index in [1.807, 2.05) is 25.2 Å². The minimum absolute atomic E-state index is 0.0484. The topological polar surface area (TPSA) is 108 Å². The van der Waals surface area contributed by atoms with Crippen molar-refractivity contribution in [3.8, 4) is 0 Å². The van der Waals surface area contributed by atoms with Crippen LogP contribution in [0.2, 0.25) is 0 Å². The maximum atomic E-state index is 12.5. The summed E-state index contributed by atoms with van der Waals surface area (Å²) < 4.78 is 0. The second-order valence-corrected chi connectivity index (χ2v) is 7.98. The molecule has 2 fully saturated rings. The molecule has 1 saturated heterocycles. The zero-order valence-electron chi connectivity index (χ0n) is 16.5. The van der Waals surface area contributed by atoms with Gasteiger partial charge in [-0.05, 0) is 38.3 Å². The molecule has 1 aliphatic heterocycles. The smallest absolute Gasteiger partial charge is 0.318 e. The number of carbonyl (C=O) groups is 3. The first-order valence-corrected chi connectivity index (χ1v) is 9.63. The van der Waals surface area contributed by atoms with Gasteiger partial charge in [0.25, 0.3) is 0 Å². The second-order valence-electron chi connectivity index (χ2n) is 7.98. The first kappa shape index (κ1) is 20.1. The number of rotatable bonds is 6. The minimum Gasteiger partial charge on any atom is -0.368 e. The van der Waals surface area contributed by atoms with Crippen molar-refractivity contribution in [1.82, 2.24) is 20.4 Å². The Morgan fingerprint density at radius 2 is 1.86 bits per heavy atom. The van der Waals surface area contributed by atoms with Crippen molar-refractivity contribution in [1.29, 1.82) is 0 Å². The lowest BCUT2D eigenvalue weighted by molar-refractivity contribution is -0.134. The van der Waals surface area contributed by atoms with Crippen LogP contribution in [0, 0.1) is 0 Å². The van der Waals surface area contributed by atoms with Crippen molar-refractivity contribution in [2.24, 2.45) is 5.73 Å². The normalized spacial score (nSPS) is 26.9. The van der Waals surface area contributed by atoms with Crippen LogP contribution in [0.5, 0.6) is 0 Å². The number of urea groups is 1. The third-order valence-corrected chi connectivity index (χ3v) is 6.16.